The number of rotatable bonds is 6. The average molecular weight is 398 g/mol. The van der Waals surface area contributed by atoms with Gasteiger partial charge >= 0.3 is 0 Å². The van der Waals surface area contributed by atoms with Crippen molar-refractivity contribution in [3.63, 3.8) is 0 Å². The molecule has 0 radical (unpaired) electrons. The maximum absolute atomic E-state index is 13.2. The van der Waals surface area contributed by atoms with E-state index in [1.807, 2.05) is 42.5 Å². The van der Waals surface area contributed by atoms with Crippen LogP contribution in [0.5, 0.6) is 5.75 Å². The Morgan fingerprint density at radius 3 is 2.61 bits per heavy atom. The highest BCUT2D eigenvalue weighted by Gasteiger charge is 2.31. The molecule has 146 valence electrons. The minimum atomic E-state index is -3.67. The zero-order valence-electron chi connectivity index (χ0n) is 16.0. The summed E-state index contributed by atoms with van der Waals surface area (Å²) >= 11 is 0. The maximum atomic E-state index is 13.2. The third kappa shape index (κ3) is 3.42. The van der Waals surface area contributed by atoms with E-state index < -0.39 is 15.1 Å². The van der Waals surface area contributed by atoms with Gasteiger partial charge in [-0.1, -0.05) is 36.4 Å². The van der Waals surface area contributed by atoms with E-state index in [4.69, 9.17) is 4.74 Å². The lowest BCUT2D eigenvalue weighted by molar-refractivity contribution is 0.290. The van der Waals surface area contributed by atoms with Crippen LogP contribution < -0.4 is 4.74 Å². The van der Waals surface area contributed by atoms with E-state index in [0.717, 1.165) is 24.8 Å². The molecular formula is C21H23N3O3S. The Balaban J connectivity index is 1.56. The van der Waals surface area contributed by atoms with Gasteiger partial charge in [0.05, 0.1) is 5.25 Å². The number of ether oxygens (including phenoxy) is 1. The van der Waals surface area contributed by atoms with Crippen molar-refractivity contribution >= 4 is 9.84 Å². The predicted octanol–water partition coefficient (Wildman–Crippen LogP) is 3.42. The second kappa shape index (κ2) is 7.39. The molecule has 0 saturated carbocycles. The summed E-state index contributed by atoms with van der Waals surface area (Å²) in [5.74, 6) is 1.16. The van der Waals surface area contributed by atoms with Crippen LogP contribution in [-0.2, 0) is 36.3 Å². The number of fused-ring (bicyclic) bond motifs is 1. The quantitative estimate of drug-likeness (QED) is 0.637. The van der Waals surface area contributed by atoms with E-state index in [0.29, 0.717) is 11.6 Å². The van der Waals surface area contributed by atoms with Crippen molar-refractivity contribution < 1.29 is 13.2 Å². The van der Waals surface area contributed by atoms with Crippen molar-refractivity contribution in [3.05, 3.63) is 71.0 Å². The first kappa shape index (κ1) is 18.7. The summed E-state index contributed by atoms with van der Waals surface area (Å²) in [5, 5.41) is 7.28. The van der Waals surface area contributed by atoms with E-state index >= 15 is 0 Å². The number of aryl methyl sites for hydroxylation is 2. The van der Waals surface area contributed by atoms with Crippen molar-refractivity contribution in [3.8, 4) is 5.75 Å². The fourth-order valence-corrected chi connectivity index (χ4v) is 5.03. The minimum Gasteiger partial charge on any atom is -0.486 e. The molecule has 0 bridgehead atoms. The SMILES string of the molecule is CC(c1ccc2c(c1)CCC2)S(=O)(=O)c1nnc(COc2ccccc2)n1C. The molecule has 0 fully saturated rings. The summed E-state index contributed by atoms with van der Waals surface area (Å²) in [6.07, 6.45) is 3.22. The highest BCUT2D eigenvalue weighted by Crippen LogP contribution is 2.31. The van der Waals surface area contributed by atoms with E-state index in [1.54, 1.807) is 14.0 Å². The zero-order chi connectivity index (χ0) is 19.7. The van der Waals surface area contributed by atoms with Gasteiger partial charge in [-0.15, -0.1) is 10.2 Å². The highest BCUT2D eigenvalue weighted by atomic mass is 32.2. The van der Waals surface area contributed by atoms with Crippen LogP contribution in [0.25, 0.3) is 0 Å². The van der Waals surface area contributed by atoms with Gasteiger partial charge in [-0.05, 0) is 55.0 Å². The first-order chi connectivity index (χ1) is 13.5. The summed E-state index contributed by atoms with van der Waals surface area (Å²) in [4.78, 5) is 0. The van der Waals surface area contributed by atoms with Crippen LogP contribution in [0, 0.1) is 0 Å². The van der Waals surface area contributed by atoms with Gasteiger partial charge in [-0.3, -0.25) is 0 Å². The highest BCUT2D eigenvalue weighted by molar-refractivity contribution is 7.91. The number of hydrogen-bond acceptors (Lipinski definition) is 5. The Hall–Kier alpha value is -2.67. The number of hydrogen-bond donors (Lipinski definition) is 0. The normalized spacial score (nSPS) is 14.6. The van der Waals surface area contributed by atoms with Crippen LogP contribution in [0.4, 0.5) is 0 Å². The first-order valence-electron chi connectivity index (χ1n) is 9.38. The van der Waals surface area contributed by atoms with Crippen LogP contribution in [0.3, 0.4) is 0 Å². The van der Waals surface area contributed by atoms with E-state index in [2.05, 4.69) is 16.3 Å². The molecule has 1 aliphatic carbocycles. The van der Waals surface area contributed by atoms with Gasteiger partial charge in [0.1, 0.15) is 12.4 Å². The van der Waals surface area contributed by atoms with Crippen molar-refractivity contribution in [1.29, 1.82) is 0 Å². The minimum absolute atomic E-state index is 0.0350. The molecule has 4 rings (SSSR count). The maximum Gasteiger partial charge on any atom is 0.250 e. The van der Waals surface area contributed by atoms with Gasteiger partial charge in [-0.2, -0.15) is 0 Å². The third-order valence-corrected chi connectivity index (χ3v) is 7.42. The number of benzene rings is 2. The molecular weight excluding hydrogens is 374 g/mol. The first-order valence-corrected chi connectivity index (χ1v) is 10.9. The fraction of sp³-hybridized carbons (Fsp3) is 0.333. The summed E-state index contributed by atoms with van der Waals surface area (Å²) in [6.45, 7) is 1.86. The second-order valence-corrected chi connectivity index (χ2v) is 9.29. The lowest BCUT2D eigenvalue weighted by atomic mass is 10.0. The van der Waals surface area contributed by atoms with Gasteiger partial charge in [-0.25, -0.2) is 8.42 Å². The number of nitrogens with zero attached hydrogens (tertiary/aromatic N) is 3. The van der Waals surface area contributed by atoms with Gasteiger partial charge in [0.25, 0.3) is 0 Å². The molecule has 0 saturated heterocycles. The van der Waals surface area contributed by atoms with E-state index in [1.165, 1.54) is 15.7 Å². The molecule has 2 aromatic carbocycles. The average Bonchev–Trinajstić information content (AvgIpc) is 3.32. The molecule has 1 aliphatic rings. The molecule has 1 atom stereocenters. The van der Waals surface area contributed by atoms with Crippen LogP contribution in [0.1, 0.15) is 41.1 Å². The van der Waals surface area contributed by atoms with Gasteiger partial charge in [0.2, 0.25) is 15.0 Å². The fourth-order valence-electron chi connectivity index (χ4n) is 3.57. The van der Waals surface area contributed by atoms with Crippen molar-refractivity contribution in [1.82, 2.24) is 14.8 Å². The summed E-state index contributed by atoms with van der Waals surface area (Å²) < 4.78 is 33.5. The Morgan fingerprint density at radius 1 is 1.07 bits per heavy atom. The molecule has 3 aromatic rings. The topological polar surface area (TPSA) is 74.1 Å². The van der Waals surface area contributed by atoms with Gasteiger partial charge in [0.15, 0.2) is 5.82 Å². The summed E-state index contributed by atoms with van der Waals surface area (Å²) in [5.41, 5.74) is 3.38. The van der Waals surface area contributed by atoms with Crippen LogP contribution in [0.2, 0.25) is 0 Å². The van der Waals surface area contributed by atoms with Gasteiger partial charge < -0.3 is 9.30 Å². The molecule has 0 aliphatic heterocycles. The molecule has 0 amide bonds. The Labute approximate surface area is 165 Å². The molecule has 6 nitrogen and oxygen atoms in total. The van der Waals surface area contributed by atoms with Crippen LogP contribution in [-0.4, -0.2) is 23.2 Å². The lowest BCUT2D eigenvalue weighted by Gasteiger charge is -2.14. The molecule has 7 heteroatoms. The number of para-hydroxylation sites is 1. The monoisotopic (exact) mass is 397 g/mol. The summed E-state index contributed by atoms with van der Waals surface area (Å²) in [6, 6.07) is 15.3. The van der Waals surface area contributed by atoms with Crippen molar-refractivity contribution in [2.75, 3.05) is 0 Å². The molecule has 28 heavy (non-hydrogen) atoms. The molecule has 1 unspecified atom stereocenters. The van der Waals surface area contributed by atoms with E-state index in [-0.39, 0.29) is 11.8 Å². The zero-order valence-corrected chi connectivity index (χ0v) is 16.8. The summed E-state index contributed by atoms with van der Waals surface area (Å²) in [7, 11) is -2.01. The molecule has 1 aromatic heterocycles. The Bertz CT molecular complexity index is 1090. The smallest absolute Gasteiger partial charge is 0.250 e. The Morgan fingerprint density at radius 2 is 1.82 bits per heavy atom. The third-order valence-electron chi connectivity index (χ3n) is 5.35. The molecule has 0 N–H and O–H groups in total. The van der Waals surface area contributed by atoms with Crippen LogP contribution in [0.15, 0.2) is 53.7 Å². The van der Waals surface area contributed by atoms with Crippen molar-refractivity contribution in [2.24, 2.45) is 7.05 Å². The second-order valence-electron chi connectivity index (χ2n) is 7.13. The standard InChI is InChI=1S/C21H23N3O3S/c1-15(17-12-11-16-7-6-8-18(16)13-17)28(25,26)21-23-22-20(24(21)2)14-27-19-9-4-3-5-10-19/h3-5,9-13,15H,6-8,14H2,1-2H3. The number of sulfone groups is 1. The largest absolute Gasteiger partial charge is 0.486 e. The van der Waals surface area contributed by atoms with Crippen molar-refractivity contribution in [2.45, 2.75) is 43.2 Å². The molecule has 0 spiro atoms. The Kier molecular flexibility index (Phi) is 4.93. The van der Waals surface area contributed by atoms with Crippen LogP contribution >= 0.6 is 0 Å². The van der Waals surface area contributed by atoms with E-state index in [9.17, 15) is 8.42 Å². The number of aromatic nitrogens is 3. The predicted molar refractivity (Wildman–Crippen MR) is 106 cm³/mol. The molecule has 1 heterocycles. The van der Waals surface area contributed by atoms with Gasteiger partial charge in [0, 0.05) is 7.05 Å². The lowest BCUT2D eigenvalue weighted by Crippen LogP contribution is -2.16.